The SMILES string of the molecule is Cc1nn(C2CCS(=O)(=O)C2)c(C)c1CN(C)Cc1ccc(C(=O)Nc2ccccc2)cc1. The van der Waals surface area contributed by atoms with Crippen molar-refractivity contribution in [2.24, 2.45) is 0 Å². The van der Waals surface area contributed by atoms with Crippen LogP contribution in [0.2, 0.25) is 0 Å². The van der Waals surface area contributed by atoms with E-state index in [1.165, 1.54) is 0 Å². The molecule has 1 unspecified atom stereocenters. The lowest BCUT2D eigenvalue weighted by Gasteiger charge is -2.18. The van der Waals surface area contributed by atoms with E-state index >= 15 is 0 Å². The summed E-state index contributed by atoms with van der Waals surface area (Å²) < 4.78 is 25.7. The zero-order chi connectivity index (χ0) is 23.6. The molecule has 1 atom stereocenters. The van der Waals surface area contributed by atoms with Gasteiger partial charge in [0.2, 0.25) is 0 Å². The molecular formula is C25H30N4O3S. The number of aromatic nitrogens is 2. The van der Waals surface area contributed by atoms with Crippen LogP contribution in [0.25, 0.3) is 0 Å². The Balaban J connectivity index is 1.38. The maximum atomic E-state index is 12.4. The Labute approximate surface area is 195 Å². The summed E-state index contributed by atoms with van der Waals surface area (Å²) in [6.45, 7) is 5.44. The van der Waals surface area contributed by atoms with Crippen LogP contribution in [0.15, 0.2) is 54.6 Å². The van der Waals surface area contributed by atoms with Gasteiger partial charge in [0, 0.05) is 35.6 Å². The number of sulfone groups is 1. The second kappa shape index (κ2) is 9.49. The molecular weight excluding hydrogens is 436 g/mol. The van der Waals surface area contributed by atoms with Crippen molar-refractivity contribution in [2.75, 3.05) is 23.9 Å². The Morgan fingerprint density at radius 1 is 1.09 bits per heavy atom. The Morgan fingerprint density at radius 3 is 2.42 bits per heavy atom. The number of benzene rings is 2. The predicted octanol–water partition coefficient (Wildman–Crippen LogP) is 3.74. The highest BCUT2D eigenvalue weighted by atomic mass is 32.2. The number of aryl methyl sites for hydroxylation is 1. The standard InChI is InChI=1S/C25H30N4O3S/c1-18-24(19(2)29(27-18)23-13-14-33(31,32)17-23)16-28(3)15-20-9-11-21(12-10-20)25(30)26-22-7-5-4-6-8-22/h4-12,23H,13-17H2,1-3H3,(H,26,30). The van der Waals surface area contributed by atoms with E-state index in [1.54, 1.807) is 0 Å². The lowest BCUT2D eigenvalue weighted by atomic mass is 10.1. The molecule has 1 amide bonds. The van der Waals surface area contributed by atoms with Gasteiger partial charge in [-0.1, -0.05) is 30.3 Å². The van der Waals surface area contributed by atoms with E-state index in [4.69, 9.17) is 0 Å². The second-order valence-electron chi connectivity index (χ2n) is 8.84. The minimum Gasteiger partial charge on any atom is -0.322 e. The maximum Gasteiger partial charge on any atom is 0.255 e. The largest absolute Gasteiger partial charge is 0.322 e. The normalized spacial score (nSPS) is 17.4. The van der Waals surface area contributed by atoms with Gasteiger partial charge in [0.05, 0.1) is 23.2 Å². The summed E-state index contributed by atoms with van der Waals surface area (Å²) in [6, 6.07) is 17.0. The third-order valence-electron chi connectivity index (χ3n) is 6.16. The topological polar surface area (TPSA) is 84.3 Å². The van der Waals surface area contributed by atoms with Crippen LogP contribution in [-0.2, 0) is 22.9 Å². The smallest absolute Gasteiger partial charge is 0.255 e. The number of carbonyl (C=O) groups is 1. The van der Waals surface area contributed by atoms with E-state index in [-0.39, 0.29) is 23.5 Å². The fraction of sp³-hybridized carbons (Fsp3) is 0.360. The molecule has 1 aliphatic rings. The number of anilines is 1. The van der Waals surface area contributed by atoms with Gasteiger partial charge in [-0.2, -0.15) is 5.10 Å². The summed E-state index contributed by atoms with van der Waals surface area (Å²) in [4.78, 5) is 14.6. The number of hydrogen-bond acceptors (Lipinski definition) is 5. The molecule has 174 valence electrons. The molecule has 0 bridgehead atoms. The van der Waals surface area contributed by atoms with Crippen LogP contribution in [0.1, 0.15) is 45.3 Å². The van der Waals surface area contributed by atoms with Crippen molar-refractivity contribution in [3.8, 4) is 0 Å². The van der Waals surface area contributed by atoms with Crippen LogP contribution < -0.4 is 5.32 Å². The van der Waals surface area contributed by atoms with Crippen molar-refractivity contribution in [3.05, 3.63) is 82.7 Å². The van der Waals surface area contributed by atoms with Crippen molar-refractivity contribution in [2.45, 2.75) is 39.4 Å². The zero-order valence-corrected chi connectivity index (χ0v) is 20.1. The van der Waals surface area contributed by atoms with E-state index in [0.717, 1.165) is 34.7 Å². The van der Waals surface area contributed by atoms with Gasteiger partial charge in [0.1, 0.15) is 0 Å². The van der Waals surface area contributed by atoms with Gasteiger partial charge in [0.15, 0.2) is 9.84 Å². The third kappa shape index (κ3) is 5.51. The van der Waals surface area contributed by atoms with Crippen LogP contribution >= 0.6 is 0 Å². The molecule has 0 radical (unpaired) electrons. The Morgan fingerprint density at radius 2 is 1.79 bits per heavy atom. The molecule has 1 N–H and O–H groups in total. The number of nitrogens with one attached hydrogen (secondary N) is 1. The molecule has 8 heteroatoms. The molecule has 33 heavy (non-hydrogen) atoms. The average Bonchev–Trinajstić information content (AvgIpc) is 3.28. The van der Waals surface area contributed by atoms with E-state index < -0.39 is 9.84 Å². The monoisotopic (exact) mass is 466 g/mol. The number of rotatable bonds is 7. The van der Waals surface area contributed by atoms with E-state index in [2.05, 4.69) is 15.3 Å². The molecule has 1 aliphatic heterocycles. The van der Waals surface area contributed by atoms with Gasteiger partial charge in [-0.25, -0.2) is 8.42 Å². The Bertz CT molecular complexity index is 1230. The number of hydrogen-bond donors (Lipinski definition) is 1. The summed E-state index contributed by atoms with van der Waals surface area (Å²) in [6.07, 6.45) is 0.629. The lowest BCUT2D eigenvalue weighted by Crippen LogP contribution is -2.19. The van der Waals surface area contributed by atoms with E-state index in [9.17, 15) is 13.2 Å². The van der Waals surface area contributed by atoms with Crippen LogP contribution in [0.4, 0.5) is 5.69 Å². The van der Waals surface area contributed by atoms with Crippen LogP contribution in [0, 0.1) is 13.8 Å². The van der Waals surface area contributed by atoms with Crippen LogP contribution in [0.5, 0.6) is 0 Å². The number of nitrogens with zero attached hydrogens (tertiary/aromatic N) is 3. The maximum absolute atomic E-state index is 12.4. The number of para-hydroxylation sites is 1. The van der Waals surface area contributed by atoms with Crippen molar-refractivity contribution < 1.29 is 13.2 Å². The minimum absolute atomic E-state index is 0.0673. The van der Waals surface area contributed by atoms with Crippen molar-refractivity contribution >= 4 is 21.4 Å². The summed E-state index contributed by atoms with van der Waals surface area (Å²) in [7, 11) is -0.907. The first-order valence-electron chi connectivity index (χ1n) is 11.1. The van der Waals surface area contributed by atoms with Crippen molar-refractivity contribution in [1.29, 1.82) is 0 Å². The molecule has 2 heterocycles. The van der Waals surface area contributed by atoms with Crippen molar-refractivity contribution in [1.82, 2.24) is 14.7 Å². The Kier molecular flexibility index (Phi) is 6.67. The highest BCUT2D eigenvalue weighted by Crippen LogP contribution is 2.27. The summed E-state index contributed by atoms with van der Waals surface area (Å²) in [5.74, 6) is 0.285. The second-order valence-corrected chi connectivity index (χ2v) is 11.1. The molecule has 0 spiro atoms. The highest BCUT2D eigenvalue weighted by molar-refractivity contribution is 7.91. The fourth-order valence-corrected chi connectivity index (χ4v) is 6.07. The first-order chi connectivity index (χ1) is 15.7. The first-order valence-corrected chi connectivity index (χ1v) is 12.9. The van der Waals surface area contributed by atoms with Crippen LogP contribution in [-0.4, -0.2) is 47.6 Å². The third-order valence-corrected chi connectivity index (χ3v) is 7.91. The highest BCUT2D eigenvalue weighted by Gasteiger charge is 2.31. The molecule has 7 nitrogen and oxygen atoms in total. The number of carbonyl (C=O) groups excluding carboxylic acids is 1. The zero-order valence-electron chi connectivity index (χ0n) is 19.3. The molecule has 3 aromatic rings. The van der Waals surface area contributed by atoms with Crippen LogP contribution in [0.3, 0.4) is 0 Å². The molecule has 4 rings (SSSR count). The molecule has 2 aromatic carbocycles. The molecule has 1 saturated heterocycles. The molecule has 0 saturated carbocycles. The summed E-state index contributed by atoms with van der Waals surface area (Å²) in [5.41, 5.74) is 5.61. The first kappa shape index (κ1) is 23.2. The van der Waals surface area contributed by atoms with Gasteiger partial charge in [-0.05, 0) is 57.1 Å². The van der Waals surface area contributed by atoms with Gasteiger partial charge >= 0.3 is 0 Å². The van der Waals surface area contributed by atoms with Gasteiger partial charge in [0.25, 0.3) is 5.91 Å². The predicted molar refractivity (Wildman–Crippen MR) is 130 cm³/mol. The van der Waals surface area contributed by atoms with E-state index in [0.29, 0.717) is 18.5 Å². The van der Waals surface area contributed by atoms with Gasteiger partial charge in [-0.3, -0.25) is 14.4 Å². The van der Waals surface area contributed by atoms with E-state index in [1.807, 2.05) is 80.2 Å². The lowest BCUT2D eigenvalue weighted by molar-refractivity contribution is 0.102. The minimum atomic E-state index is -2.96. The fourth-order valence-electron chi connectivity index (χ4n) is 4.37. The molecule has 1 aromatic heterocycles. The van der Waals surface area contributed by atoms with Gasteiger partial charge in [-0.15, -0.1) is 0 Å². The summed E-state index contributed by atoms with van der Waals surface area (Å²) >= 11 is 0. The molecule has 0 aliphatic carbocycles. The molecule has 1 fully saturated rings. The average molecular weight is 467 g/mol. The quantitative estimate of drug-likeness (QED) is 0.573. The van der Waals surface area contributed by atoms with Crippen molar-refractivity contribution in [3.63, 3.8) is 0 Å². The Hall–Kier alpha value is -2.97. The number of amides is 1. The summed E-state index contributed by atoms with van der Waals surface area (Å²) in [5, 5.41) is 7.56. The van der Waals surface area contributed by atoms with Gasteiger partial charge < -0.3 is 5.32 Å².